The van der Waals surface area contributed by atoms with Gasteiger partial charge in [0, 0.05) is 108 Å². The van der Waals surface area contributed by atoms with Gasteiger partial charge in [-0.25, -0.2) is 9.50 Å². The molecule has 13 atom stereocenters. The van der Waals surface area contributed by atoms with Crippen LogP contribution in [-0.2, 0) is 56.8 Å². The van der Waals surface area contributed by atoms with Crippen molar-refractivity contribution in [3.63, 3.8) is 0 Å². The predicted octanol–water partition coefficient (Wildman–Crippen LogP) is -2.72. The van der Waals surface area contributed by atoms with E-state index in [-0.39, 0.29) is 17.7 Å². The van der Waals surface area contributed by atoms with Crippen LogP contribution < -0.4 is 41.4 Å². The number of aromatic hydroxyl groups is 1. The smallest absolute Gasteiger partial charge is 0.446 e. The predicted molar refractivity (Wildman–Crippen MR) is 386 cm³/mol. The second kappa shape index (κ2) is 34.1. The molecule has 5 aliphatic heterocycles. The Morgan fingerprint density at radius 3 is 2.11 bits per heavy atom. The fraction of sp³-hybridized carbons (Fsp3) is 0.465. The summed E-state index contributed by atoms with van der Waals surface area (Å²) >= 11 is 1.52. The number of phenolic OH excluding ortho intramolecular Hbond substituents is 1. The van der Waals surface area contributed by atoms with E-state index in [0.717, 1.165) is 101 Å². The van der Waals surface area contributed by atoms with Crippen molar-refractivity contribution in [1.29, 1.82) is 0 Å². The zero-order valence-electron chi connectivity index (χ0n) is 58.5. The molecule has 2 aromatic heterocycles. The Balaban J connectivity index is 0.876. The van der Waals surface area contributed by atoms with E-state index in [2.05, 4.69) is 64.8 Å². The molecule has 34 nitrogen and oxygen atoms in total. The molecular formula is C71H88N14O20S2. The Morgan fingerprint density at radius 1 is 0.748 bits per heavy atom. The van der Waals surface area contributed by atoms with Gasteiger partial charge >= 0.3 is 10.4 Å². The van der Waals surface area contributed by atoms with Gasteiger partial charge in [0.2, 0.25) is 51.4 Å². The maximum atomic E-state index is 15.2. The number of benzene rings is 4. The summed E-state index contributed by atoms with van der Waals surface area (Å²) in [7, 11) is -5.26. The lowest BCUT2D eigenvalue weighted by Gasteiger charge is -2.34. The number of hydrogen-bond donors (Lipinski definition) is 15. The van der Waals surface area contributed by atoms with E-state index >= 15 is 9.59 Å². The molecule has 4 aromatic carbocycles. The number of nitrogens with one attached hydrogen (secondary N) is 5. The number of aliphatic hydroxyl groups is 7. The number of β-amino-alcohol motifs (C(OH)–C–C–N with tert-alkyl or cyclic N) is 2. The molecule has 0 bridgehead atoms. The zero-order valence-corrected chi connectivity index (χ0v) is 60.2. The van der Waals surface area contributed by atoms with Crippen molar-refractivity contribution < 1.29 is 96.4 Å². The number of primary amides is 1. The van der Waals surface area contributed by atoms with Gasteiger partial charge in [0.15, 0.2) is 11.5 Å². The molecule has 574 valence electrons. The Labute approximate surface area is 618 Å². The van der Waals surface area contributed by atoms with Crippen molar-refractivity contribution in [1.82, 2.24) is 60.8 Å². The molecular weight excluding hydrogens is 1430 g/mol. The maximum Gasteiger partial charge on any atom is 0.446 e. The number of aliphatic hydroxyl groups excluding tert-OH is 7. The van der Waals surface area contributed by atoms with Gasteiger partial charge in [-0.1, -0.05) is 91.1 Å². The lowest BCUT2D eigenvalue weighted by molar-refractivity contribution is -0.147. The zero-order chi connectivity index (χ0) is 76.7. The summed E-state index contributed by atoms with van der Waals surface area (Å²) in [6.07, 6.45) is -9.19. The first-order valence-corrected chi connectivity index (χ1v) is 37.3. The summed E-state index contributed by atoms with van der Waals surface area (Å²) < 4.78 is 38.9. The van der Waals surface area contributed by atoms with Crippen molar-refractivity contribution in [3.05, 3.63) is 126 Å². The molecule has 11 rings (SSSR count). The Kier molecular flexibility index (Phi) is 25.0. The summed E-state index contributed by atoms with van der Waals surface area (Å²) in [4.78, 5) is 130. The van der Waals surface area contributed by atoms with Crippen molar-refractivity contribution in [2.45, 2.75) is 125 Å². The number of piperazine rings is 1. The minimum atomic E-state index is -5.26. The summed E-state index contributed by atoms with van der Waals surface area (Å²) in [5.41, 5.74) is 10.8. The average molecular weight is 1520 g/mol. The van der Waals surface area contributed by atoms with Gasteiger partial charge in [-0.2, -0.15) is 8.42 Å². The van der Waals surface area contributed by atoms with Crippen molar-refractivity contribution >= 4 is 84.7 Å². The van der Waals surface area contributed by atoms with Gasteiger partial charge in [-0.15, -0.1) is 5.10 Å². The first kappa shape index (κ1) is 78.5. The molecule has 0 spiro atoms. The molecule has 6 aromatic rings. The van der Waals surface area contributed by atoms with Crippen LogP contribution in [0.5, 0.6) is 11.5 Å². The van der Waals surface area contributed by atoms with Crippen molar-refractivity contribution in [3.8, 4) is 33.9 Å². The molecule has 107 heavy (non-hydrogen) atoms. The van der Waals surface area contributed by atoms with E-state index < -0.39 is 193 Å². The van der Waals surface area contributed by atoms with Gasteiger partial charge in [-0.3, -0.25) is 52.7 Å². The van der Waals surface area contributed by atoms with Gasteiger partial charge in [0.25, 0.3) is 5.91 Å². The van der Waals surface area contributed by atoms with Crippen LogP contribution in [0, 0.1) is 5.92 Å². The number of hydrogen-bond acceptors (Lipinski definition) is 25. The minimum Gasteiger partial charge on any atom is -0.504 e. The number of carbonyl (C=O) groups excluding carboxylic acids is 8. The number of aromatic nitrogens is 3. The molecule has 5 aliphatic rings. The highest BCUT2D eigenvalue weighted by Crippen LogP contribution is 2.35. The van der Waals surface area contributed by atoms with Crippen LogP contribution >= 0.6 is 11.3 Å². The molecule has 0 aliphatic carbocycles. The van der Waals surface area contributed by atoms with Gasteiger partial charge < -0.3 is 92.1 Å². The molecule has 0 radical (unpaired) electrons. The molecule has 16 N–H and O–H groups in total. The Bertz CT molecular complexity index is 4370. The average Bonchev–Trinajstić information content (AvgIpc) is 1.73. The second-order valence-corrected chi connectivity index (χ2v) is 29.6. The van der Waals surface area contributed by atoms with E-state index in [1.807, 2.05) is 53.6 Å². The lowest BCUT2D eigenvalue weighted by Crippen LogP contribution is -2.64. The van der Waals surface area contributed by atoms with Crippen LogP contribution in [0.3, 0.4) is 0 Å². The van der Waals surface area contributed by atoms with E-state index in [9.17, 15) is 82.6 Å². The van der Waals surface area contributed by atoms with Crippen molar-refractivity contribution in [2.75, 3.05) is 83.5 Å². The summed E-state index contributed by atoms with van der Waals surface area (Å²) in [5, 5.41) is 107. The number of nitrogens with zero attached hydrogens (tertiary/aromatic N) is 8. The SMILES string of the molecule is C[C@@H](O)[C@@H]1NC(=O)[C@@H](NC(=O)c2ccc(-c3ccc(-c4cn5nc(N6CCN(CCc7ccccc7)CC6)sc5n4)cc3)cc2C2=CCN(CCO)CC2)C[C@@H](O)CNC(=O)[C@@H]2[C@@H](O)[C@@H](C)CN2C(=O)[C@H]([C@H](O)CC(N)=O)NC(=O)[C@H]([C@H](O)Cc2ccc(O)c(OS(=O)(=O)O)c2)NC(=O)[C@@H]2C[C@@H](O)CN2C1=O. The normalized spacial score (nSPS) is 25.1. The summed E-state index contributed by atoms with van der Waals surface area (Å²) in [6.45, 7) is 6.36. The van der Waals surface area contributed by atoms with Gasteiger partial charge in [-0.05, 0) is 77.4 Å². The van der Waals surface area contributed by atoms with E-state index in [1.165, 1.54) is 23.8 Å². The van der Waals surface area contributed by atoms with E-state index in [1.54, 1.807) is 16.6 Å². The highest BCUT2D eigenvalue weighted by atomic mass is 32.3. The van der Waals surface area contributed by atoms with Crippen LogP contribution in [0.2, 0.25) is 0 Å². The first-order chi connectivity index (χ1) is 51.0. The lowest BCUT2D eigenvalue weighted by atomic mass is 9.90. The molecule has 0 unspecified atom stereocenters. The number of anilines is 1. The van der Waals surface area contributed by atoms with Gasteiger partial charge in [0.05, 0.1) is 61.5 Å². The molecule has 8 amide bonds. The number of phenols is 1. The van der Waals surface area contributed by atoms with Crippen molar-refractivity contribution in [2.24, 2.45) is 11.7 Å². The standard InChI is InChI=1S/C71H88N14O20S2/c1-38-35-84-61(62(38)94)67(99)73-34-46(88)31-50(64(96)76-58(39(2)87)68(100)83-36-47(89)32-52(83)65(97)77-59(66(98)78-60(69(84)101)55(92)33-57(72)93)54(91)28-41-8-15-53(90)56(29-41)105-107(102,103)104)74-63(95)48-14-13-45(30-49(48)43-17-20-80(21-18-43)26-27-86)42-9-11-44(12-10-42)51-37-85-70(75-51)106-71(79-85)82-24-22-81(23-25-82)19-16-40-6-4-3-5-7-40/h3-15,17,29-30,37-39,46-47,50,52,54-55,58-62,86-92,94H,16,18-28,31-36H2,1-2H3,(H2,72,93)(H,73,99)(H,74,95)(H,76,96)(H,77,97)(H,78,98)(H,102,103,104)/t38-,39+,46+,47+,50-,52-,54+,55+,58-,59-,60-,61-,62-/m0/s1. The second-order valence-electron chi connectivity index (χ2n) is 27.6. The van der Waals surface area contributed by atoms with Crippen LogP contribution in [0.15, 0.2) is 103 Å². The topological polar surface area (TPSA) is 495 Å². The number of fused-ring (bicyclic) bond motifs is 3. The monoisotopic (exact) mass is 1520 g/mol. The number of carbonyl (C=O) groups is 8. The maximum absolute atomic E-state index is 15.2. The number of nitrogens with two attached hydrogens (primary N) is 1. The highest BCUT2D eigenvalue weighted by molar-refractivity contribution is 7.81. The largest absolute Gasteiger partial charge is 0.504 e. The summed E-state index contributed by atoms with van der Waals surface area (Å²) in [5.74, 6) is -12.4. The summed E-state index contributed by atoms with van der Waals surface area (Å²) in [6, 6.07) is 13.9. The minimum absolute atomic E-state index is 0.0480. The molecule has 4 saturated heterocycles. The third-order valence-electron chi connectivity index (χ3n) is 19.9. The van der Waals surface area contributed by atoms with Crippen LogP contribution in [0.25, 0.3) is 32.9 Å². The highest BCUT2D eigenvalue weighted by Gasteiger charge is 2.50. The van der Waals surface area contributed by atoms with Crippen LogP contribution in [0.1, 0.15) is 66.6 Å². The number of rotatable bonds is 20. The molecule has 0 saturated carbocycles. The molecule has 36 heteroatoms. The third kappa shape index (κ3) is 19.1. The van der Waals surface area contributed by atoms with E-state index in [4.69, 9.17) is 15.8 Å². The number of imidazole rings is 1. The van der Waals surface area contributed by atoms with Gasteiger partial charge in [0.1, 0.15) is 36.3 Å². The molecule has 7 heterocycles. The van der Waals surface area contributed by atoms with E-state index in [0.29, 0.717) is 42.9 Å². The van der Waals surface area contributed by atoms with Crippen LogP contribution in [-0.4, -0.2) is 287 Å². The van der Waals surface area contributed by atoms with Crippen LogP contribution in [0.4, 0.5) is 5.13 Å². The fourth-order valence-electron chi connectivity index (χ4n) is 14.1. The first-order valence-electron chi connectivity index (χ1n) is 35.1. The Hall–Kier alpha value is -9.57. The Morgan fingerprint density at radius 2 is 1.44 bits per heavy atom. The molecule has 4 fully saturated rings. The quantitative estimate of drug-likeness (QED) is 0.0345. The number of amides is 8. The fourth-order valence-corrected chi connectivity index (χ4v) is 15.4. The third-order valence-corrected chi connectivity index (χ3v) is 21.3.